The third kappa shape index (κ3) is 3.64. The lowest BCUT2D eigenvalue weighted by Gasteiger charge is -2.09. The van der Waals surface area contributed by atoms with Crippen LogP contribution in [-0.4, -0.2) is 16.0 Å². The maximum Gasteiger partial charge on any atom is 0.142 e. The maximum absolute atomic E-state index is 4.82. The summed E-state index contributed by atoms with van der Waals surface area (Å²) in [6.45, 7) is 11.6. The molecule has 3 nitrogen and oxygen atoms in total. The Balaban J connectivity index is 2.33. The molecule has 0 aliphatic carbocycles. The third-order valence-corrected chi connectivity index (χ3v) is 4.15. The van der Waals surface area contributed by atoms with E-state index in [-0.39, 0.29) is 0 Å². The van der Waals surface area contributed by atoms with Crippen molar-refractivity contribution in [1.29, 1.82) is 0 Å². The number of nitrogens with zero attached hydrogens (tertiary/aromatic N) is 2. The molecule has 20 heavy (non-hydrogen) atoms. The first kappa shape index (κ1) is 15.1. The van der Waals surface area contributed by atoms with Crippen LogP contribution in [0, 0.1) is 6.92 Å². The second kappa shape index (κ2) is 6.46. The molecule has 0 atom stereocenters. The van der Waals surface area contributed by atoms with Crippen LogP contribution in [0.3, 0.4) is 0 Å². The molecule has 2 aromatic heterocycles. The fourth-order valence-electron chi connectivity index (χ4n) is 2.01. The molecule has 2 heterocycles. The summed E-state index contributed by atoms with van der Waals surface area (Å²) in [5.74, 6) is 0.439. The molecule has 0 aromatic carbocycles. The van der Waals surface area contributed by atoms with Crippen LogP contribution < -0.4 is 5.32 Å². The van der Waals surface area contributed by atoms with Crippen molar-refractivity contribution in [1.82, 2.24) is 15.3 Å². The first-order chi connectivity index (χ1) is 9.47. The zero-order chi connectivity index (χ0) is 14.7. The van der Waals surface area contributed by atoms with Gasteiger partial charge < -0.3 is 5.32 Å². The SMILES string of the molecule is Cc1cccc(-c2nc(C(C)C)c(CNC(C)C)s2)n1. The molecule has 0 aliphatic heterocycles. The van der Waals surface area contributed by atoms with Crippen LogP contribution in [0.1, 0.15) is 49.9 Å². The van der Waals surface area contributed by atoms with Gasteiger partial charge in [0.05, 0.1) is 11.4 Å². The summed E-state index contributed by atoms with van der Waals surface area (Å²) >= 11 is 1.76. The van der Waals surface area contributed by atoms with E-state index in [0.717, 1.165) is 22.9 Å². The highest BCUT2D eigenvalue weighted by atomic mass is 32.1. The topological polar surface area (TPSA) is 37.8 Å². The largest absolute Gasteiger partial charge is 0.310 e. The maximum atomic E-state index is 4.82. The summed E-state index contributed by atoms with van der Waals surface area (Å²) in [6.07, 6.45) is 0. The lowest BCUT2D eigenvalue weighted by atomic mass is 10.1. The Morgan fingerprint density at radius 2 is 1.90 bits per heavy atom. The molecule has 0 bridgehead atoms. The van der Waals surface area contributed by atoms with Crippen LogP contribution in [0.2, 0.25) is 0 Å². The Labute approximate surface area is 125 Å². The van der Waals surface area contributed by atoms with Crippen LogP contribution in [-0.2, 0) is 6.54 Å². The average molecular weight is 289 g/mol. The van der Waals surface area contributed by atoms with Gasteiger partial charge in [0, 0.05) is 23.2 Å². The number of rotatable bonds is 5. The molecule has 0 radical (unpaired) electrons. The van der Waals surface area contributed by atoms with E-state index in [4.69, 9.17) is 4.98 Å². The third-order valence-electron chi connectivity index (χ3n) is 3.05. The zero-order valence-corrected chi connectivity index (χ0v) is 13.7. The van der Waals surface area contributed by atoms with Crippen molar-refractivity contribution < 1.29 is 0 Å². The molecule has 2 rings (SSSR count). The minimum atomic E-state index is 0.439. The Kier molecular flexibility index (Phi) is 4.89. The van der Waals surface area contributed by atoms with E-state index in [2.05, 4.69) is 38.0 Å². The molecule has 108 valence electrons. The van der Waals surface area contributed by atoms with Gasteiger partial charge >= 0.3 is 0 Å². The Bertz CT molecular complexity index is 573. The van der Waals surface area contributed by atoms with E-state index >= 15 is 0 Å². The van der Waals surface area contributed by atoms with Crippen LogP contribution in [0.4, 0.5) is 0 Å². The molecule has 0 saturated carbocycles. The normalized spacial score (nSPS) is 11.6. The zero-order valence-electron chi connectivity index (χ0n) is 12.9. The minimum Gasteiger partial charge on any atom is -0.310 e. The highest BCUT2D eigenvalue weighted by Gasteiger charge is 2.16. The smallest absolute Gasteiger partial charge is 0.142 e. The summed E-state index contributed by atoms with van der Waals surface area (Å²) in [5.41, 5.74) is 3.21. The van der Waals surface area contributed by atoms with E-state index in [0.29, 0.717) is 12.0 Å². The molecule has 0 aliphatic rings. The number of aryl methyl sites for hydroxylation is 1. The monoisotopic (exact) mass is 289 g/mol. The summed E-state index contributed by atoms with van der Waals surface area (Å²) in [5, 5.41) is 4.51. The van der Waals surface area contributed by atoms with Gasteiger partial charge in [-0.1, -0.05) is 33.8 Å². The molecule has 1 N–H and O–H groups in total. The molecular weight excluding hydrogens is 266 g/mol. The highest BCUT2D eigenvalue weighted by molar-refractivity contribution is 7.15. The van der Waals surface area contributed by atoms with Gasteiger partial charge in [-0.2, -0.15) is 0 Å². The van der Waals surface area contributed by atoms with Gasteiger partial charge in [0.15, 0.2) is 0 Å². The highest BCUT2D eigenvalue weighted by Crippen LogP contribution is 2.31. The van der Waals surface area contributed by atoms with Crippen molar-refractivity contribution in [3.8, 4) is 10.7 Å². The van der Waals surface area contributed by atoms with Gasteiger partial charge in [-0.05, 0) is 25.0 Å². The first-order valence-corrected chi connectivity index (χ1v) is 7.96. The summed E-state index contributed by atoms with van der Waals surface area (Å²) in [4.78, 5) is 10.7. The number of hydrogen-bond acceptors (Lipinski definition) is 4. The van der Waals surface area contributed by atoms with Crippen molar-refractivity contribution in [3.05, 3.63) is 34.5 Å². The Morgan fingerprint density at radius 3 is 2.50 bits per heavy atom. The van der Waals surface area contributed by atoms with Gasteiger partial charge in [-0.15, -0.1) is 11.3 Å². The van der Waals surface area contributed by atoms with Crippen molar-refractivity contribution in [2.75, 3.05) is 0 Å². The van der Waals surface area contributed by atoms with Crippen molar-refractivity contribution in [3.63, 3.8) is 0 Å². The van der Waals surface area contributed by atoms with E-state index < -0.39 is 0 Å². The van der Waals surface area contributed by atoms with Gasteiger partial charge in [0.25, 0.3) is 0 Å². The van der Waals surface area contributed by atoms with E-state index in [1.807, 2.05) is 25.1 Å². The molecule has 2 aromatic rings. The molecule has 4 heteroatoms. The molecule has 0 spiro atoms. The average Bonchev–Trinajstić information content (AvgIpc) is 2.80. The molecule has 0 amide bonds. The van der Waals surface area contributed by atoms with Gasteiger partial charge in [-0.3, -0.25) is 4.98 Å². The number of thiazole rings is 1. The molecular formula is C16H23N3S. The van der Waals surface area contributed by atoms with E-state index in [1.165, 1.54) is 10.6 Å². The lowest BCUT2D eigenvalue weighted by Crippen LogP contribution is -2.22. The standard InChI is InChI=1S/C16H23N3S/c1-10(2)15-14(9-17-11(3)4)20-16(19-15)13-8-6-7-12(5)18-13/h6-8,10-11,17H,9H2,1-5H3. The first-order valence-electron chi connectivity index (χ1n) is 7.14. The second-order valence-corrected chi connectivity index (χ2v) is 6.77. The fourth-order valence-corrected chi connectivity index (χ4v) is 3.15. The second-order valence-electron chi connectivity index (χ2n) is 5.68. The molecule has 0 saturated heterocycles. The number of pyridine rings is 1. The van der Waals surface area contributed by atoms with Crippen molar-refractivity contribution >= 4 is 11.3 Å². The van der Waals surface area contributed by atoms with Crippen molar-refractivity contribution in [2.24, 2.45) is 0 Å². The number of nitrogens with one attached hydrogen (secondary N) is 1. The Hall–Kier alpha value is -1.26. The summed E-state index contributed by atoms with van der Waals surface area (Å²) in [6, 6.07) is 6.58. The van der Waals surface area contributed by atoms with Crippen LogP contribution >= 0.6 is 11.3 Å². The Morgan fingerprint density at radius 1 is 1.15 bits per heavy atom. The van der Waals surface area contributed by atoms with Crippen LogP contribution in [0.15, 0.2) is 18.2 Å². The van der Waals surface area contributed by atoms with Gasteiger partial charge in [0.1, 0.15) is 5.01 Å². The van der Waals surface area contributed by atoms with E-state index in [9.17, 15) is 0 Å². The van der Waals surface area contributed by atoms with E-state index in [1.54, 1.807) is 11.3 Å². The molecule has 0 unspecified atom stereocenters. The quantitative estimate of drug-likeness (QED) is 0.899. The summed E-state index contributed by atoms with van der Waals surface area (Å²) in [7, 11) is 0. The van der Waals surface area contributed by atoms with Gasteiger partial charge in [0.2, 0.25) is 0 Å². The predicted molar refractivity (Wildman–Crippen MR) is 86.1 cm³/mol. The fraction of sp³-hybridized carbons (Fsp3) is 0.500. The van der Waals surface area contributed by atoms with Gasteiger partial charge in [-0.25, -0.2) is 4.98 Å². The molecule has 0 fully saturated rings. The van der Waals surface area contributed by atoms with Crippen molar-refractivity contribution in [2.45, 2.75) is 53.1 Å². The number of aromatic nitrogens is 2. The van der Waals surface area contributed by atoms with Crippen LogP contribution in [0.5, 0.6) is 0 Å². The predicted octanol–water partition coefficient (Wildman–Crippen LogP) is 4.13. The summed E-state index contributed by atoms with van der Waals surface area (Å²) < 4.78 is 0. The van der Waals surface area contributed by atoms with Crippen LogP contribution in [0.25, 0.3) is 10.7 Å². The number of hydrogen-bond donors (Lipinski definition) is 1. The minimum absolute atomic E-state index is 0.439. The lowest BCUT2D eigenvalue weighted by molar-refractivity contribution is 0.588.